The minimum atomic E-state index is -4.79. The summed E-state index contributed by atoms with van der Waals surface area (Å²) in [6, 6.07) is 8.84. The van der Waals surface area contributed by atoms with E-state index in [1.165, 1.54) is 18.5 Å². The van der Waals surface area contributed by atoms with E-state index < -0.39 is 23.3 Å². The minimum absolute atomic E-state index is 0.0568. The van der Waals surface area contributed by atoms with Crippen LogP contribution in [-0.4, -0.2) is 32.2 Å². The largest absolute Gasteiger partial charge is 0.435 e. The average molecular weight is 436 g/mol. The van der Waals surface area contributed by atoms with Crippen molar-refractivity contribution in [2.45, 2.75) is 30.9 Å². The normalized spacial score (nSPS) is 15.5. The number of benzene rings is 1. The highest BCUT2D eigenvalue weighted by Gasteiger charge is 2.42. The van der Waals surface area contributed by atoms with Crippen LogP contribution in [0, 0.1) is 0 Å². The fourth-order valence-electron chi connectivity index (χ4n) is 3.58. The molecule has 2 heterocycles. The van der Waals surface area contributed by atoms with Gasteiger partial charge in [-0.15, -0.1) is 0 Å². The molecule has 2 aromatic heterocycles. The second kappa shape index (κ2) is 7.71. The molecule has 30 heavy (non-hydrogen) atoms. The number of nitrogens with one attached hydrogen (secondary N) is 1. The molecule has 0 atom stereocenters. The predicted molar refractivity (Wildman–Crippen MR) is 103 cm³/mol. The van der Waals surface area contributed by atoms with E-state index in [0.29, 0.717) is 5.02 Å². The average Bonchev–Trinajstić information content (AvgIpc) is 3.15. The number of aromatic nitrogens is 4. The van der Waals surface area contributed by atoms with Crippen LogP contribution in [-0.2, 0) is 11.6 Å². The van der Waals surface area contributed by atoms with Crippen LogP contribution in [0.3, 0.4) is 0 Å². The van der Waals surface area contributed by atoms with Crippen molar-refractivity contribution in [3.05, 3.63) is 70.8 Å². The predicted octanol–water partition coefficient (Wildman–Crippen LogP) is 4.19. The molecule has 156 valence electrons. The minimum Gasteiger partial charge on any atom is -0.351 e. The van der Waals surface area contributed by atoms with Gasteiger partial charge in [-0.05, 0) is 36.6 Å². The third-order valence-corrected chi connectivity index (χ3v) is 5.59. The first kappa shape index (κ1) is 20.3. The topological polar surface area (TPSA) is 72.7 Å². The van der Waals surface area contributed by atoms with Crippen molar-refractivity contribution in [3.63, 3.8) is 0 Å². The lowest BCUT2D eigenvalue weighted by Gasteiger charge is -2.42. The first-order valence-electron chi connectivity index (χ1n) is 9.27. The molecule has 1 fully saturated rings. The summed E-state index contributed by atoms with van der Waals surface area (Å²) in [5.41, 5.74) is -1.15. The van der Waals surface area contributed by atoms with Gasteiger partial charge in [-0.1, -0.05) is 30.2 Å². The van der Waals surface area contributed by atoms with E-state index in [-0.39, 0.29) is 17.9 Å². The van der Waals surface area contributed by atoms with E-state index in [4.69, 9.17) is 11.6 Å². The van der Waals surface area contributed by atoms with Crippen LogP contribution in [0.15, 0.2) is 48.9 Å². The Labute approximate surface area is 175 Å². The number of carbonyl (C=O) groups is 1. The monoisotopic (exact) mass is 435 g/mol. The van der Waals surface area contributed by atoms with E-state index >= 15 is 0 Å². The van der Waals surface area contributed by atoms with Crippen LogP contribution < -0.4 is 5.32 Å². The van der Waals surface area contributed by atoms with Crippen molar-refractivity contribution in [2.24, 2.45) is 0 Å². The third kappa shape index (κ3) is 3.89. The quantitative estimate of drug-likeness (QED) is 0.652. The number of amides is 1. The lowest BCUT2D eigenvalue weighted by Crippen LogP contribution is -2.45. The van der Waals surface area contributed by atoms with Gasteiger partial charge in [0.15, 0.2) is 5.69 Å². The molecule has 1 aliphatic carbocycles. The highest BCUT2D eigenvalue weighted by molar-refractivity contribution is 6.30. The van der Waals surface area contributed by atoms with Crippen LogP contribution in [0.25, 0.3) is 5.95 Å². The van der Waals surface area contributed by atoms with E-state index in [0.717, 1.165) is 35.7 Å². The second-order valence-electron chi connectivity index (χ2n) is 7.21. The zero-order valence-electron chi connectivity index (χ0n) is 15.7. The molecule has 1 N–H and O–H groups in total. The van der Waals surface area contributed by atoms with E-state index in [9.17, 15) is 18.0 Å². The Morgan fingerprint density at radius 1 is 1.17 bits per heavy atom. The molecule has 0 saturated heterocycles. The van der Waals surface area contributed by atoms with Crippen molar-refractivity contribution >= 4 is 17.5 Å². The van der Waals surface area contributed by atoms with Gasteiger partial charge in [0, 0.05) is 35.6 Å². The van der Waals surface area contributed by atoms with Crippen LogP contribution in [0.1, 0.15) is 40.9 Å². The zero-order chi connectivity index (χ0) is 21.4. The molecule has 6 nitrogen and oxygen atoms in total. The molecule has 4 rings (SSSR count). The number of rotatable bonds is 5. The van der Waals surface area contributed by atoms with E-state index in [2.05, 4.69) is 20.4 Å². The maximum Gasteiger partial charge on any atom is 0.435 e. The molecule has 1 aromatic carbocycles. The SMILES string of the molecule is O=C(NCC1(c2ccc(Cl)cc2)CCC1)c1cn(-c2ncccn2)nc1C(F)(F)F. The lowest BCUT2D eigenvalue weighted by molar-refractivity contribution is -0.141. The molecule has 0 bridgehead atoms. The molecule has 0 aliphatic heterocycles. The number of halogens is 4. The molecule has 0 radical (unpaired) electrons. The van der Waals surface area contributed by atoms with Gasteiger partial charge < -0.3 is 5.32 Å². The number of hydrogen-bond donors (Lipinski definition) is 1. The summed E-state index contributed by atoms with van der Waals surface area (Å²) in [5.74, 6) is -0.900. The van der Waals surface area contributed by atoms with Crippen LogP contribution in [0.2, 0.25) is 5.02 Å². The summed E-state index contributed by atoms with van der Waals surface area (Å²) in [6.07, 6.45) is 1.61. The second-order valence-corrected chi connectivity index (χ2v) is 7.64. The summed E-state index contributed by atoms with van der Waals surface area (Å²) < 4.78 is 41.3. The summed E-state index contributed by atoms with van der Waals surface area (Å²) >= 11 is 5.95. The van der Waals surface area contributed by atoms with Gasteiger partial charge >= 0.3 is 6.18 Å². The Bertz CT molecular complexity index is 1050. The van der Waals surface area contributed by atoms with Crippen molar-refractivity contribution in [3.8, 4) is 5.95 Å². The Morgan fingerprint density at radius 3 is 2.40 bits per heavy atom. The summed E-state index contributed by atoms with van der Waals surface area (Å²) in [7, 11) is 0. The summed E-state index contributed by atoms with van der Waals surface area (Å²) in [6.45, 7) is 0.220. The number of carbonyl (C=O) groups excluding carboxylic acids is 1. The molecule has 10 heteroatoms. The van der Waals surface area contributed by atoms with Gasteiger partial charge in [0.25, 0.3) is 5.91 Å². The number of nitrogens with zero attached hydrogens (tertiary/aromatic N) is 4. The molecule has 3 aromatic rings. The molecule has 0 unspecified atom stereocenters. The van der Waals surface area contributed by atoms with E-state index in [1.54, 1.807) is 12.1 Å². The molecule has 1 amide bonds. The highest BCUT2D eigenvalue weighted by Crippen LogP contribution is 2.43. The van der Waals surface area contributed by atoms with Crippen molar-refractivity contribution in [1.29, 1.82) is 0 Å². The van der Waals surface area contributed by atoms with Crippen LogP contribution >= 0.6 is 11.6 Å². The Morgan fingerprint density at radius 2 is 1.83 bits per heavy atom. The Hall–Kier alpha value is -2.94. The first-order valence-corrected chi connectivity index (χ1v) is 9.65. The van der Waals surface area contributed by atoms with Crippen molar-refractivity contribution in [2.75, 3.05) is 6.54 Å². The van der Waals surface area contributed by atoms with Gasteiger partial charge in [-0.3, -0.25) is 4.79 Å². The first-order chi connectivity index (χ1) is 14.3. The summed E-state index contributed by atoms with van der Waals surface area (Å²) in [4.78, 5) is 20.5. The molecule has 1 aliphatic rings. The van der Waals surface area contributed by atoms with Crippen molar-refractivity contribution < 1.29 is 18.0 Å². The fourth-order valence-corrected chi connectivity index (χ4v) is 3.71. The molecule has 1 saturated carbocycles. The highest BCUT2D eigenvalue weighted by atomic mass is 35.5. The third-order valence-electron chi connectivity index (χ3n) is 5.34. The maximum absolute atomic E-state index is 13.5. The van der Waals surface area contributed by atoms with Gasteiger partial charge in [0.2, 0.25) is 5.95 Å². The smallest absolute Gasteiger partial charge is 0.351 e. The van der Waals surface area contributed by atoms with Crippen molar-refractivity contribution in [1.82, 2.24) is 25.1 Å². The molecular formula is C20H17ClF3N5O. The maximum atomic E-state index is 13.5. The Balaban J connectivity index is 1.58. The lowest BCUT2D eigenvalue weighted by atomic mass is 9.64. The molecule has 0 spiro atoms. The number of alkyl halides is 3. The zero-order valence-corrected chi connectivity index (χ0v) is 16.4. The number of hydrogen-bond acceptors (Lipinski definition) is 4. The Kier molecular flexibility index (Phi) is 5.23. The van der Waals surface area contributed by atoms with Crippen LogP contribution in [0.5, 0.6) is 0 Å². The fraction of sp³-hybridized carbons (Fsp3) is 0.300. The van der Waals surface area contributed by atoms with Gasteiger partial charge in [-0.25, -0.2) is 14.6 Å². The summed E-state index contributed by atoms with van der Waals surface area (Å²) in [5, 5.41) is 6.78. The van der Waals surface area contributed by atoms with E-state index in [1.807, 2.05) is 12.1 Å². The van der Waals surface area contributed by atoms with Gasteiger partial charge in [-0.2, -0.15) is 18.3 Å². The standard InChI is InChI=1S/C20H17ClF3N5O/c21-14-5-3-13(4-6-14)19(7-1-8-19)12-27-17(30)15-11-29(18-25-9-2-10-26-18)28-16(15)20(22,23)24/h2-6,9-11H,1,7-8,12H2,(H,27,30). The van der Waals surface area contributed by atoms with Gasteiger partial charge in [0.05, 0.1) is 5.56 Å². The van der Waals surface area contributed by atoms with Crippen LogP contribution in [0.4, 0.5) is 13.2 Å². The molecular weight excluding hydrogens is 419 g/mol. The van der Waals surface area contributed by atoms with Gasteiger partial charge in [0.1, 0.15) is 0 Å².